The summed E-state index contributed by atoms with van der Waals surface area (Å²) in [6.45, 7) is 1.36. The zero-order valence-electron chi connectivity index (χ0n) is 7.47. The molecule has 0 fully saturated rings. The molecule has 80 valence electrons. The molecule has 2 atom stereocenters. The average molecular weight is 195 g/mol. The van der Waals surface area contributed by atoms with Gasteiger partial charge in [-0.15, -0.1) is 0 Å². The molecule has 0 saturated carbocycles. The fourth-order valence-corrected chi connectivity index (χ4v) is 0.209. The summed E-state index contributed by atoms with van der Waals surface area (Å²) in [5.74, 6) is -0.968. The summed E-state index contributed by atoms with van der Waals surface area (Å²) < 4.78 is 0. The predicted molar refractivity (Wildman–Crippen MR) is 46.3 cm³/mol. The van der Waals surface area contributed by atoms with Crippen LogP contribution in [0.1, 0.15) is 13.3 Å². The van der Waals surface area contributed by atoms with Crippen molar-refractivity contribution >= 4 is 5.97 Å². The molecule has 0 rings (SSSR count). The zero-order valence-corrected chi connectivity index (χ0v) is 7.47. The molecule has 0 aliphatic heterocycles. The van der Waals surface area contributed by atoms with E-state index >= 15 is 0 Å². The quantitative estimate of drug-likeness (QED) is 0.268. The largest absolute Gasteiger partial charge is 0.480 e. The lowest BCUT2D eigenvalue weighted by Crippen LogP contribution is -2.54. The van der Waals surface area contributed by atoms with E-state index in [4.69, 9.17) is 26.8 Å². The molecule has 0 amide bonds. The predicted octanol–water partition coefficient (Wildman–Crippen LogP) is -2.65. The van der Waals surface area contributed by atoms with Crippen LogP contribution in [-0.4, -0.2) is 39.8 Å². The van der Waals surface area contributed by atoms with Crippen LogP contribution in [0, 0.1) is 0 Å². The molecule has 0 aromatic heterocycles. The standard InChI is InChI=1S/C4H12N2O2.C2H5NO2/c1-2-4(6,8)3(5)7;3-1-2(4)5/h3,7-8H,2,5-6H2,1H3;1,3H2,(H,4,5). The summed E-state index contributed by atoms with van der Waals surface area (Å²) in [6.07, 6.45) is -1.11. The molecule has 0 bridgehead atoms. The van der Waals surface area contributed by atoms with Gasteiger partial charge in [0, 0.05) is 0 Å². The van der Waals surface area contributed by atoms with E-state index in [0.717, 1.165) is 0 Å². The number of hydrogen-bond acceptors (Lipinski definition) is 6. The minimum absolute atomic E-state index is 0.241. The highest BCUT2D eigenvalue weighted by atomic mass is 16.4. The maximum Gasteiger partial charge on any atom is 0.317 e. The maximum absolute atomic E-state index is 9.24. The number of carbonyl (C=O) groups is 1. The molecule has 7 heteroatoms. The van der Waals surface area contributed by atoms with Gasteiger partial charge in [0.05, 0.1) is 6.54 Å². The van der Waals surface area contributed by atoms with Crippen LogP contribution in [-0.2, 0) is 4.79 Å². The number of aliphatic hydroxyl groups is 2. The molecule has 0 heterocycles. The Kier molecular flexibility index (Phi) is 7.67. The van der Waals surface area contributed by atoms with E-state index in [1.54, 1.807) is 6.92 Å². The SMILES string of the molecule is CCC(N)(O)C(N)O.NCC(=O)O. The Labute approximate surface area is 76.1 Å². The Bertz CT molecular complexity index is 149. The van der Waals surface area contributed by atoms with Crippen molar-refractivity contribution in [3.63, 3.8) is 0 Å². The molecule has 7 nitrogen and oxygen atoms in total. The molecule has 0 aliphatic rings. The van der Waals surface area contributed by atoms with Crippen molar-refractivity contribution < 1.29 is 20.1 Å². The first-order valence-electron chi connectivity index (χ1n) is 3.64. The van der Waals surface area contributed by atoms with Gasteiger partial charge in [-0.2, -0.15) is 0 Å². The van der Waals surface area contributed by atoms with E-state index in [2.05, 4.69) is 5.73 Å². The number of carboxylic acids is 1. The number of rotatable bonds is 3. The third-order valence-electron chi connectivity index (χ3n) is 1.25. The summed E-state index contributed by atoms with van der Waals surface area (Å²) in [5.41, 5.74) is 12.8. The molecule has 0 spiro atoms. The molecular weight excluding hydrogens is 178 g/mol. The number of hydrogen-bond donors (Lipinski definition) is 6. The Hall–Kier alpha value is -0.730. The molecule has 0 radical (unpaired) electrons. The van der Waals surface area contributed by atoms with Gasteiger partial charge < -0.3 is 32.5 Å². The molecule has 0 aromatic carbocycles. The molecule has 2 unspecified atom stereocenters. The van der Waals surface area contributed by atoms with Crippen molar-refractivity contribution in [1.82, 2.24) is 0 Å². The molecule has 0 aliphatic carbocycles. The molecule has 0 aromatic rings. The summed E-state index contributed by atoms with van der Waals surface area (Å²) in [6, 6.07) is 0. The van der Waals surface area contributed by atoms with Gasteiger partial charge in [0.25, 0.3) is 0 Å². The van der Waals surface area contributed by atoms with Crippen LogP contribution in [0.5, 0.6) is 0 Å². The van der Waals surface area contributed by atoms with Crippen LogP contribution < -0.4 is 17.2 Å². The number of aliphatic hydroxyl groups excluding tert-OH is 1. The minimum Gasteiger partial charge on any atom is -0.480 e. The summed E-state index contributed by atoms with van der Waals surface area (Å²) in [5, 5.41) is 24.9. The number of aliphatic carboxylic acids is 1. The topological polar surface area (TPSA) is 156 Å². The van der Waals surface area contributed by atoms with Gasteiger partial charge in [-0.25, -0.2) is 0 Å². The van der Waals surface area contributed by atoms with Gasteiger partial charge in [0.2, 0.25) is 0 Å². The maximum atomic E-state index is 9.24. The highest BCUT2D eigenvalue weighted by Crippen LogP contribution is 2.01. The van der Waals surface area contributed by atoms with Gasteiger partial charge in [-0.05, 0) is 6.42 Å². The van der Waals surface area contributed by atoms with E-state index in [-0.39, 0.29) is 13.0 Å². The Morgan fingerprint density at radius 3 is 1.92 bits per heavy atom. The second kappa shape index (κ2) is 6.75. The summed E-state index contributed by atoms with van der Waals surface area (Å²) in [7, 11) is 0. The molecular formula is C6H17N3O4. The highest BCUT2D eigenvalue weighted by molar-refractivity contribution is 5.68. The van der Waals surface area contributed by atoms with Crippen LogP contribution in [0.25, 0.3) is 0 Å². The van der Waals surface area contributed by atoms with Crippen LogP contribution >= 0.6 is 0 Å². The summed E-state index contributed by atoms with van der Waals surface area (Å²) in [4.78, 5) is 9.24. The van der Waals surface area contributed by atoms with Crippen molar-refractivity contribution in [3.05, 3.63) is 0 Å². The van der Waals surface area contributed by atoms with Crippen molar-refractivity contribution in [3.8, 4) is 0 Å². The lowest BCUT2D eigenvalue weighted by atomic mass is 10.1. The second-order valence-corrected chi connectivity index (χ2v) is 2.39. The Morgan fingerprint density at radius 2 is 1.92 bits per heavy atom. The van der Waals surface area contributed by atoms with Crippen LogP contribution in [0.15, 0.2) is 0 Å². The number of nitrogens with two attached hydrogens (primary N) is 3. The second-order valence-electron chi connectivity index (χ2n) is 2.39. The van der Waals surface area contributed by atoms with Crippen molar-refractivity contribution in [2.75, 3.05) is 6.54 Å². The van der Waals surface area contributed by atoms with Gasteiger partial charge in [0.1, 0.15) is 6.23 Å². The third-order valence-corrected chi connectivity index (χ3v) is 1.25. The lowest BCUT2D eigenvalue weighted by Gasteiger charge is -2.23. The van der Waals surface area contributed by atoms with E-state index in [0.29, 0.717) is 0 Å². The highest BCUT2D eigenvalue weighted by Gasteiger charge is 2.24. The average Bonchev–Trinajstić information content (AvgIpc) is 2.05. The number of carboxylic acid groups (broad SMARTS) is 1. The van der Waals surface area contributed by atoms with Gasteiger partial charge in [-0.1, -0.05) is 6.92 Å². The van der Waals surface area contributed by atoms with Crippen LogP contribution in [0.3, 0.4) is 0 Å². The van der Waals surface area contributed by atoms with E-state index in [9.17, 15) is 4.79 Å². The minimum atomic E-state index is -1.62. The van der Waals surface area contributed by atoms with Crippen LogP contribution in [0.2, 0.25) is 0 Å². The fourth-order valence-electron chi connectivity index (χ4n) is 0.209. The monoisotopic (exact) mass is 195 g/mol. The van der Waals surface area contributed by atoms with Crippen LogP contribution in [0.4, 0.5) is 0 Å². The molecule has 0 saturated heterocycles. The third kappa shape index (κ3) is 9.18. The molecule has 9 N–H and O–H groups in total. The van der Waals surface area contributed by atoms with E-state index < -0.39 is 17.9 Å². The van der Waals surface area contributed by atoms with Gasteiger partial charge in [0.15, 0.2) is 5.72 Å². The van der Waals surface area contributed by atoms with Crippen molar-refractivity contribution in [2.24, 2.45) is 17.2 Å². The Balaban J connectivity index is 0. The fraction of sp³-hybridized carbons (Fsp3) is 0.833. The van der Waals surface area contributed by atoms with Gasteiger partial charge >= 0.3 is 5.97 Å². The normalized spacial score (nSPS) is 16.5. The lowest BCUT2D eigenvalue weighted by molar-refractivity contribution is -0.135. The first kappa shape index (κ1) is 14.8. The smallest absolute Gasteiger partial charge is 0.317 e. The van der Waals surface area contributed by atoms with E-state index in [1.165, 1.54) is 0 Å². The molecule has 13 heavy (non-hydrogen) atoms. The van der Waals surface area contributed by atoms with E-state index in [1.807, 2.05) is 0 Å². The first-order chi connectivity index (χ1) is 5.77. The van der Waals surface area contributed by atoms with Crippen molar-refractivity contribution in [2.45, 2.75) is 25.3 Å². The first-order valence-corrected chi connectivity index (χ1v) is 3.64. The van der Waals surface area contributed by atoms with Gasteiger partial charge in [-0.3, -0.25) is 4.79 Å². The Morgan fingerprint density at radius 1 is 1.62 bits per heavy atom. The summed E-state index contributed by atoms with van der Waals surface area (Å²) >= 11 is 0. The van der Waals surface area contributed by atoms with Crippen molar-refractivity contribution in [1.29, 1.82) is 0 Å². The zero-order chi connectivity index (χ0) is 11.1.